The second-order valence-corrected chi connectivity index (χ2v) is 7.45. The van der Waals surface area contributed by atoms with Gasteiger partial charge in [0.05, 0.1) is 5.41 Å². The molecule has 2 fully saturated rings. The minimum Gasteiger partial charge on any atom is -0.341 e. The molecule has 3 atom stereocenters. The summed E-state index contributed by atoms with van der Waals surface area (Å²) in [6.45, 7) is 5.64. The third-order valence-electron chi connectivity index (χ3n) is 5.28. The Morgan fingerprint density at radius 3 is 2.68 bits per heavy atom. The first-order valence-electron chi connectivity index (χ1n) is 7.70. The van der Waals surface area contributed by atoms with E-state index in [4.69, 9.17) is 17.3 Å². The Bertz CT molecular complexity index is 561. The number of carbonyl (C=O) groups is 1. The van der Waals surface area contributed by atoms with Crippen LogP contribution in [-0.4, -0.2) is 29.9 Å². The average Bonchev–Trinajstić information content (AvgIpc) is 3.00. The summed E-state index contributed by atoms with van der Waals surface area (Å²) in [6, 6.07) is 7.88. The number of rotatable bonds is 2. The van der Waals surface area contributed by atoms with Crippen molar-refractivity contribution in [3.05, 3.63) is 34.9 Å². The van der Waals surface area contributed by atoms with Crippen molar-refractivity contribution in [1.29, 1.82) is 0 Å². The molecule has 1 aromatic rings. The molecule has 0 aromatic heterocycles. The van der Waals surface area contributed by atoms with Crippen molar-refractivity contribution in [3.8, 4) is 0 Å². The topological polar surface area (TPSA) is 46.3 Å². The molecular weight excluding hydrogens is 319 g/mol. The van der Waals surface area contributed by atoms with E-state index in [1.165, 1.54) is 0 Å². The summed E-state index contributed by atoms with van der Waals surface area (Å²) < 4.78 is 0. The van der Waals surface area contributed by atoms with Gasteiger partial charge in [-0.05, 0) is 56.2 Å². The van der Waals surface area contributed by atoms with Gasteiger partial charge in [0.15, 0.2) is 0 Å². The van der Waals surface area contributed by atoms with Crippen molar-refractivity contribution in [1.82, 2.24) is 4.90 Å². The summed E-state index contributed by atoms with van der Waals surface area (Å²) in [4.78, 5) is 15.0. The molecule has 1 aromatic carbocycles. The number of hydrogen-bond acceptors (Lipinski definition) is 2. The summed E-state index contributed by atoms with van der Waals surface area (Å²) in [5.74, 6) is 1.27. The van der Waals surface area contributed by atoms with Crippen LogP contribution >= 0.6 is 24.0 Å². The maximum Gasteiger partial charge on any atom is 0.232 e. The Hall–Kier alpha value is -0.770. The molecule has 22 heavy (non-hydrogen) atoms. The van der Waals surface area contributed by atoms with E-state index >= 15 is 0 Å². The van der Waals surface area contributed by atoms with Crippen molar-refractivity contribution < 1.29 is 4.79 Å². The summed E-state index contributed by atoms with van der Waals surface area (Å²) >= 11 is 6.07. The van der Waals surface area contributed by atoms with E-state index in [1.54, 1.807) is 0 Å². The zero-order valence-electron chi connectivity index (χ0n) is 13.1. The predicted octanol–water partition coefficient (Wildman–Crippen LogP) is 3.24. The van der Waals surface area contributed by atoms with E-state index in [1.807, 2.05) is 43.0 Å². The van der Waals surface area contributed by atoms with Crippen molar-refractivity contribution >= 4 is 29.9 Å². The molecule has 122 valence electrons. The molecule has 3 nitrogen and oxygen atoms in total. The molecule has 0 bridgehead atoms. The second-order valence-electron chi connectivity index (χ2n) is 7.01. The molecule has 0 radical (unpaired) electrons. The molecular formula is C17H24Cl2N2O. The Labute approximate surface area is 143 Å². The number of fused-ring (bicyclic) bond motifs is 1. The maximum atomic E-state index is 13.0. The molecule has 1 aliphatic carbocycles. The molecule has 3 rings (SSSR count). The van der Waals surface area contributed by atoms with Crippen LogP contribution in [-0.2, 0) is 10.2 Å². The fraction of sp³-hybridized carbons (Fsp3) is 0.588. The van der Waals surface area contributed by atoms with Gasteiger partial charge in [0.1, 0.15) is 0 Å². The summed E-state index contributed by atoms with van der Waals surface area (Å²) in [6.07, 6.45) is 2.27. The van der Waals surface area contributed by atoms with E-state index in [0.29, 0.717) is 16.9 Å². The van der Waals surface area contributed by atoms with Crippen LogP contribution in [0.25, 0.3) is 0 Å². The predicted molar refractivity (Wildman–Crippen MR) is 92.5 cm³/mol. The largest absolute Gasteiger partial charge is 0.341 e. The van der Waals surface area contributed by atoms with Crippen molar-refractivity contribution in [2.45, 2.75) is 38.1 Å². The lowest BCUT2D eigenvalue weighted by Crippen LogP contribution is -2.43. The van der Waals surface area contributed by atoms with Gasteiger partial charge in [0.25, 0.3) is 0 Å². The van der Waals surface area contributed by atoms with Crippen LogP contribution < -0.4 is 5.73 Å². The Kier molecular flexibility index (Phi) is 5.10. The minimum atomic E-state index is -0.548. The molecule has 1 saturated carbocycles. The number of benzene rings is 1. The molecule has 2 aliphatic rings. The van der Waals surface area contributed by atoms with Gasteiger partial charge in [-0.25, -0.2) is 0 Å². The zero-order chi connectivity index (χ0) is 15.2. The van der Waals surface area contributed by atoms with Gasteiger partial charge in [0.2, 0.25) is 5.91 Å². The van der Waals surface area contributed by atoms with Crippen LogP contribution in [0.5, 0.6) is 0 Å². The number of nitrogens with two attached hydrogens (primary N) is 1. The molecule has 1 aliphatic heterocycles. The smallest absolute Gasteiger partial charge is 0.232 e. The van der Waals surface area contributed by atoms with Gasteiger partial charge in [0, 0.05) is 24.2 Å². The fourth-order valence-corrected chi connectivity index (χ4v) is 4.06. The normalized spacial score (nSPS) is 27.5. The van der Waals surface area contributed by atoms with Gasteiger partial charge in [-0.15, -0.1) is 12.4 Å². The van der Waals surface area contributed by atoms with Gasteiger partial charge in [-0.3, -0.25) is 4.79 Å². The molecule has 3 unspecified atom stereocenters. The Morgan fingerprint density at radius 1 is 1.32 bits per heavy atom. The maximum absolute atomic E-state index is 13.0. The molecule has 1 heterocycles. The highest BCUT2D eigenvalue weighted by Gasteiger charge is 2.45. The third kappa shape index (κ3) is 2.99. The van der Waals surface area contributed by atoms with Crippen LogP contribution in [0.15, 0.2) is 24.3 Å². The quantitative estimate of drug-likeness (QED) is 0.896. The van der Waals surface area contributed by atoms with E-state index < -0.39 is 5.41 Å². The van der Waals surface area contributed by atoms with E-state index in [2.05, 4.69) is 0 Å². The average molecular weight is 343 g/mol. The van der Waals surface area contributed by atoms with Crippen LogP contribution in [0.4, 0.5) is 0 Å². The van der Waals surface area contributed by atoms with E-state index in [9.17, 15) is 4.79 Å². The highest BCUT2D eigenvalue weighted by molar-refractivity contribution is 6.30. The number of likely N-dealkylation sites (tertiary alicyclic amines) is 1. The van der Waals surface area contributed by atoms with Crippen molar-refractivity contribution in [2.24, 2.45) is 17.6 Å². The number of amides is 1. The Morgan fingerprint density at radius 2 is 2.05 bits per heavy atom. The van der Waals surface area contributed by atoms with Gasteiger partial charge < -0.3 is 10.6 Å². The van der Waals surface area contributed by atoms with Crippen LogP contribution in [0.2, 0.25) is 5.02 Å². The Balaban J connectivity index is 0.00000176. The van der Waals surface area contributed by atoms with Gasteiger partial charge in [-0.2, -0.15) is 0 Å². The first kappa shape index (κ1) is 17.6. The van der Waals surface area contributed by atoms with E-state index in [0.717, 1.165) is 31.5 Å². The number of halogens is 2. The molecule has 1 amide bonds. The van der Waals surface area contributed by atoms with Crippen molar-refractivity contribution in [3.63, 3.8) is 0 Å². The molecule has 1 saturated heterocycles. The zero-order valence-corrected chi connectivity index (χ0v) is 14.7. The third-order valence-corrected chi connectivity index (χ3v) is 5.52. The van der Waals surface area contributed by atoms with Crippen LogP contribution in [0, 0.1) is 11.8 Å². The number of nitrogens with zero attached hydrogens (tertiary/aromatic N) is 1. The lowest BCUT2D eigenvalue weighted by Gasteiger charge is -2.30. The number of carbonyl (C=O) groups excluding carboxylic acids is 1. The highest BCUT2D eigenvalue weighted by atomic mass is 35.5. The standard InChI is InChI=1S/C17H23ClN2O.ClH/c1-17(2,12-4-3-5-13(18)8-12)16(21)20-9-11-6-7-15(19)14(11)10-20;/h3-5,8,11,14-15H,6-7,9-10,19H2,1-2H3;1H. The summed E-state index contributed by atoms with van der Waals surface area (Å²) in [7, 11) is 0. The minimum absolute atomic E-state index is 0. The fourth-order valence-electron chi connectivity index (χ4n) is 3.87. The van der Waals surface area contributed by atoms with Crippen molar-refractivity contribution in [2.75, 3.05) is 13.1 Å². The lowest BCUT2D eigenvalue weighted by atomic mass is 9.83. The summed E-state index contributed by atoms with van der Waals surface area (Å²) in [5, 5.41) is 0.675. The summed E-state index contributed by atoms with van der Waals surface area (Å²) in [5.41, 5.74) is 6.59. The van der Waals surface area contributed by atoms with Crippen LogP contribution in [0.3, 0.4) is 0 Å². The molecule has 2 N–H and O–H groups in total. The SMILES string of the molecule is CC(C)(C(=O)N1CC2CCC(N)C2C1)c1cccc(Cl)c1.Cl. The van der Waals surface area contributed by atoms with Gasteiger partial charge >= 0.3 is 0 Å². The first-order chi connectivity index (χ1) is 9.89. The monoisotopic (exact) mass is 342 g/mol. The lowest BCUT2D eigenvalue weighted by molar-refractivity contribution is -0.135. The van der Waals surface area contributed by atoms with E-state index in [-0.39, 0.29) is 24.4 Å². The molecule has 5 heteroatoms. The van der Waals surface area contributed by atoms with Crippen LogP contribution in [0.1, 0.15) is 32.3 Å². The highest BCUT2D eigenvalue weighted by Crippen LogP contribution is 2.39. The number of hydrogen-bond donors (Lipinski definition) is 1. The van der Waals surface area contributed by atoms with Gasteiger partial charge in [-0.1, -0.05) is 23.7 Å². The first-order valence-corrected chi connectivity index (χ1v) is 8.08. The second kappa shape index (κ2) is 6.38. The molecule has 0 spiro atoms.